The number of H-pyrrole nitrogens is 1. The molecular formula is C12H15NO. The molecule has 1 heterocycles. The van der Waals surface area contributed by atoms with Gasteiger partial charge in [-0.3, -0.25) is 0 Å². The molecular weight excluding hydrogens is 174 g/mol. The fourth-order valence-corrected chi connectivity index (χ4v) is 1.90. The van der Waals surface area contributed by atoms with Gasteiger partial charge in [-0.2, -0.15) is 0 Å². The van der Waals surface area contributed by atoms with Crippen molar-refractivity contribution in [2.45, 2.75) is 26.4 Å². The van der Waals surface area contributed by atoms with E-state index < -0.39 is 0 Å². The van der Waals surface area contributed by atoms with Crippen LogP contribution in [0.4, 0.5) is 0 Å². The number of aliphatic hydroxyl groups is 1. The zero-order valence-electron chi connectivity index (χ0n) is 8.38. The van der Waals surface area contributed by atoms with Gasteiger partial charge in [0, 0.05) is 22.2 Å². The van der Waals surface area contributed by atoms with Gasteiger partial charge in [-0.05, 0) is 12.5 Å². The van der Waals surface area contributed by atoms with Crippen molar-refractivity contribution in [1.29, 1.82) is 0 Å². The minimum atomic E-state index is 0.124. The highest BCUT2D eigenvalue weighted by atomic mass is 16.3. The largest absolute Gasteiger partial charge is 0.392 e. The van der Waals surface area contributed by atoms with E-state index in [-0.39, 0.29) is 6.61 Å². The lowest BCUT2D eigenvalue weighted by Crippen LogP contribution is -1.90. The molecule has 1 aromatic carbocycles. The van der Waals surface area contributed by atoms with Crippen LogP contribution in [0, 0.1) is 0 Å². The van der Waals surface area contributed by atoms with Crippen LogP contribution in [0.3, 0.4) is 0 Å². The summed E-state index contributed by atoms with van der Waals surface area (Å²) in [6.45, 7) is 2.27. The van der Waals surface area contributed by atoms with Gasteiger partial charge in [-0.25, -0.2) is 0 Å². The molecule has 1 aromatic heterocycles. The van der Waals surface area contributed by atoms with Crippen molar-refractivity contribution in [1.82, 2.24) is 4.98 Å². The number of hydrogen-bond donors (Lipinski definition) is 2. The minimum Gasteiger partial charge on any atom is -0.392 e. The van der Waals surface area contributed by atoms with E-state index in [1.807, 2.05) is 18.2 Å². The van der Waals surface area contributed by atoms with Crippen LogP contribution in [0.2, 0.25) is 0 Å². The van der Waals surface area contributed by atoms with E-state index in [0.717, 1.165) is 29.3 Å². The fourth-order valence-electron chi connectivity index (χ4n) is 1.90. The first-order chi connectivity index (χ1) is 6.86. The topological polar surface area (TPSA) is 36.0 Å². The molecule has 0 saturated carbocycles. The number of aryl methyl sites for hydroxylation is 1. The Bertz CT molecular complexity index is 431. The molecule has 0 atom stereocenters. The zero-order chi connectivity index (χ0) is 9.97. The summed E-state index contributed by atoms with van der Waals surface area (Å²) in [5.74, 6) is 0. The predicted octanol–water partition coefficient (Wildman–Crippen LogP) is 2.61. The number of para-hydroxylation sites is 1. The second kappa shape index (κ2) is 3.84. The smallest absolute Gasteiger partial charge is 0.0705 e. The Hall–Kier alpha value is -1.28. The van der Waals surface area contributed by atoms with Crippen molar-refractivity contribution in [3.8, 4) is 0 Å². The number of benzene rings is 1. The Labute approximate surface area is 83.6 Å². The number of aromatic nitrogens is 1. The number of fused-ring (bicyclic) bond motifs is 1. The standard InChI is InChI=1S/C12H15NO/c1-2-5-11-10(8-14)9-6-3-4-7-12(9)13-11/h3-4,6-7,13-14H,2,5,8H2,1H3. The molecule has 14 heavy (non-hydrogen) atoms. The second-order valence-electron chi connectivity index (χ2n) is 3.54. The summed E-state index contributed by atoms with van der Waals surface area (Å²) in [6.07, 6.45) is 2.10. The second-order valence-corrected chi connectivity index (χ2v) is 3.54. The quantitative estimate of drug-likeness (QED) is 0.765. The lowest BCUT2D eigenvalue weighted by atomic mass is 10.1. The third-order valence-electron chi connectivity index (χ3n) is 2.56. The lowest BCUT2D eigenvalue weighted by molar-refractivity contribution is 0.282. The normalized spacial score (nSPS) is 11.0. The Morgan fingerprint density at radius 2 is 2.07 bits per heavy atom. The summed E-state index contributed by atoms with van der Waals surface area (Å²) in [6, 6.07) is 8.12. The van der Waals surface area contributed by atoms with E-state index in [1.54, 1.807) is 0 Å². The average Bonchev–Trinajstić information content (AvgIpc) is 2.55. The number of rotatable bonds is 3. The summed E-state index contributed by atoms with van der Waals surface area (Å²) in [5, 5.41) is 10.5. The molecule has 0 aliphatic carbocycles. The first kappa shape index (κ1) is 9.28. The van der Waals surface area contributed by atoms with Crippen molar-refractivity contribution in [3.05, 3.63) is 35.5 Å². The highest BCUT2D eigenvalue weighted by molar-refractivity contribution is 5.84. The van der Waals surface area contributed by atoms with E-state index in [9.17, 15) is 5.11 Å². The number of aliphatic hydroxyl groups excluding tert-OH is 1. The molecule has 0 aliphatic heterocycles. The molecule has 74 valence electrons. The summed E-state index contributed by atoms with van der Waals surface area (Å²) in [7, 11) is 0. The molecule has 0 radical (unpaired) electrons. The maximum atomic E-state index is 9.31. The SMILES string of the molecule is CCCc1[nH]c2ccccc2c1CO. The Morgan fingerprint density at radius 1 is 1.29 bits per heavy atom. The molecule has 0 amide bonds. The molecule has 0 fully saturated rings. The maximum absolute atomic E-state index is 9.31. The van der Waals surface area contributed by atoms with Crippen LogP contribution >= 0.6 is 0 Å². The highest BCUT2D eigenvalue weighted by Gasteiger charge is 2.08. The zero-order valence-corrected chi connectivity index (χ0v) is 8.38. The highest BCUT2D eigenvalue weighted by Crippen LogP contribution is 2.23. The van der Waals surface area contributed by atoms with Crippen LogP contribution < -0.4 is 0 Å². The minimum absolute atomic E-state index is 0.124. The van der Waals surface area contributed by atoms with E-state index in [2.05, 4.69) is 18.0 Å². The molecule has 0 bridgehead atoms. The predicted molar refractivity (Wildman–Crippen MR) is 58.2 cm³/mol. The number of aromatic amines is 1. The van der Waals surface area contributed by atoms with Gasteiger partial charge in [0.15, 0.2) is 0 Å². The molecule has 2 heteroatoms. The van der Waals surface area contributed by atoms with Gasteiger partial charge in [-0.1, -0.05) is 31.5 Å². The summed E-state index contributed by atoms with van der Waals surface area (Å²) >= 11 is 0. The van der Waals surface area contributed by atoms with E-state index in [4.69, 9.17) is 0 Å². The van der Waals surface area contributed by atoms with E-state index >= 15 is 0 Å². The van der Waals surface area contributed by atoms with Crippen LogP contribution in [-0.4, -0.2) is 10.1 Å². The molecule has 2 aromatic rings. The monoisotopic (exact) mass is 189 g/mol. The molecule has 2 rings (SSSR count). The Kier molecular flexibility index (Phi) is 2.55. The first-order valence-corrected chi connectivity index (χ1v) is 5.06. The van der Waals surface area contributed by atoms with Gasteiger partial charge in [0.05, 0.1) is 6.61 Å². The summed E-state index contributed by atoms with van der Waals surface area (Å²) in [5.41, 5.74) is 3.36. The van der Waals surface area contributed by atoms with E-state index in [0.29, 0.717) is 0 Å². The van der Waals surface area contributed by atoms with Crippen LogP contribution in [0.5, 0.6) is 0 Å². The van der Waals surface area contributed by atoms with Crippen molar-refractivity contribution >= 4 is 10.9 Å². The number of nitrogens with one attached hydrogen (secondary N) is 1. The molecule has 0 spiro atoms. The van der Waals surface area contributed by atoms with Gasteiger partial charge < -0.3 is 10.1 Å². The molecule has 2 N–H and O–H groups in total. The Balaban J connectivity index is 2.60. The van der Waals surface area contributed by atoms with E-state index in [1.165, 1.54) is 5.69 Å². The third-order valence-corrected chi connectivity index (χ3v) is 2.56. The van der Waals surface area contributed by atoms with Crippen LogP contribution in [0.25, 0.3) is 10.9 Å². The van der Waals surface area contributed by atoms with Crippen molar-refractivity contribution in [2.75, 3.05) is 0 Å². The van der Waals surface area contributed by atoms with Gasteiger partial charge in [0.2, 0.25) is 0 Å². The molecule has 2 nitrogen and oxygen atoms in total. The summed E-state index contributed by atoms with van der Waals surface area (Å²) < 4.78 is 0. The van der Waals surface area contributed by atoms with Crippen molar-refractivity contribution in [2.24, 2.45) is 0 Å². The van der Waals surface area contributed by atoms with Crippen LogP contribution in [0.1, 0.15) is 24.6 Å². The average molecular weight is 189 g/mol. The Morgan fingerprint density at radius 3 is 2.79 bits per heavy atom. The third kappa shape index (κ3) is 1.42. The summed E-state index contributed by atoms with van der Waals surface area (Å²) in [4.78, 5) is 3.36. The maximum Gasteiger partial charge on any atom is 0.0705 e. The van der Waals surface area contributed by atoms with Crippen molar-refractivity contribution in [3.63, 3.8) is 0 Å². The number of hydrogen-bond acceptors (Lipinski definition) is 1. The molecule has 0 aliphatic rings. The first-order valence-electron chi connectivity index (χ1n) is 5.06. The van der Waals surface area contributed by atoms with Gasteiger partial charge >= 0.3 is 0 Å². The van der Waals surface area contributed by atoms with Crippen LogP contribution in [0.15, 0.2) is 24.3 Å². The lowest BCUT2D eigenvalue weighted by Gasteiger charge is -1.98. The van der Waals surface area contributed by atoms with Crippen molar-refractivity contribution < 1.29 is 5.11 Å². The molecule has 0 unspecified atom stereocenters. The van der Waals surface area contributed by atoms with Gasteiger partial charge in [0.1, 0.15) is 0 Å². The van der Waals surface area contributed by atoms with Crippen LogP contribution in [-0.2, 0) is 13.0 Å². The fraction of sp³-hybridized carbons (Fsp3) is 0.333. The van der Waals surface area contributed by atoms with Gasteiger partial charge in [0.25, 0.3) is 0 Å². The van der Waals surface area contributed by atoms with Gasteiger partial charge in [-0.15, -0.1) is 0 Å². The molecule has 0 saturated heterocycles.